The Morgan fingerprint density at radius 3 is 3.00 bits per heavy atom. The van der Waals surface area contributed by atoms with Crippen molar-refractivity contribution in [1.82, 2.24) is 19.7 Å². The molecule has 1 aromatic carbocycles. The maximum absolute atomic E-state index is 13.3. The van der Waals surface area contributed by atoms with Crippen molar-refractivity contribution in [3.63, 3.8) is 0 Å². The Kier molecular flexibility index (Phi) is 5.00. The lowest BCUT2D eigenvalue weighted by molar-refractivity contribution is 0.553. The summed E-state index contributed by atoms with van der Waals surface area (Å²) in [6.45, 7) is 1.09. The summed E-state index contributed by atoms with van der Waals surface area (Å²) < 4.78 is 15.3. The first-order valence-electron chi connectivity index (χ1n) is 9.29. The Hall–Kier alpha value is -2.96. The van der Waals surface area contributed by atoms with Crippen LogP contribution in [-0.2, 0) is 32.4 Å². The standard InChI is InChI=1S/C20H22FN5O/c21-16-6-3-4-14(10-16)12-22-20-24-17(11-19(27)25-20)8-9-26-18-7-2-1-5-15(18)13-23-26/h3-4,6,10-11,13H,1-2,5,7-9,12H2,(H2,22,24,25,27). The highest BCUT2D eigenvalue weighted by Gasteiger charge is 2.15. The summed E-state index contributed by atoms with van der Waals surface area (Å²) in [5.41, 5.74) is 3.95. The zero-order valence-corrected chi connectivity index (χ0v) is 15.0. The Morgan fingerprint density at radius 2 is 2.11 bits per heavy atom. The van der Waals surface area contributed by atoms with Gasteiger partial charge in [-0.3, -0.25) is 14.5 Å². The molecule has 0 saturated heterocycles. The molecular formula is C20H22FN5O. The SMILES string of the molecule is O=c1cc(CCn2ncc3c2CCCC3)nc(NCc2cccc(F)c2)[nH]1. The van der Waals surface area contributed by atoms with Gasteiger partial charge in [-0.05, 0) is 48.9 Å². The second-order valence-corrected chi connectivity index (χ2v) is 6.87. The fourth-order valence-corrected chi connectivity index (χ4v) is 3.52. The molecular weight excluding hydrogens is 345 g/mol. The van der Waals surface area contributed by atoms with Gasteiger partial charge in [0.2, 0.25) is 5.95 Å². The number of H-pyrrole nitrogens is 1. The van der Waals surface area contributed by atoms with Crippen LogP contribution in [0, 0.1) is 5.82 Å². The third-order valence-electron chi connectivity index (χ3n) is 4.87. The summed E-state index contributed by atoms with van der Waals surface area (Å²) in [6, 6.07) is 7.85. The Labute approximate surface area is 156 Å². The summed E-state index contributed by atoms with van der Waals surface area (Å²) in [4.78, 5) is 19.1. The molecule has 3 aromatic rings. The van der Waals surface area contributed by atoms with E-state index in [1.54, 1.807) is 6.07 Å². The van der Waals surface area contributed by atoms with Gasteiger partial charge in [-0.1, -0.05) is 12.1 Å². The number of hydrogen-bond acceptors (Lipinski definition) is 4. The Morgan fingerprint density at radius 1 is 1.22 bits per heavy atom. The van der Waals surface area contributed by atoms with Crippen LogP contribution in [0.3, 0.4) is 0 Å². The van der Waals surface area contributed by atoms with E-state index in [9.17, 15) is 9.18 Å². The van der Waals surface area contributed by atoms with Crippen LogP contribution in [0.4, 0.5) is 10.3 Å². The molecule has 1 aliphatic rings. The van der Waals surface area contributed by atoms with E-state index >= 15 is 0 Å². The van der Waals surface area contributed by atoms with Crippen LogP contribution < -0.4 is 10.9 Å². The lowest BCUT2D eigenvalue weighted by Crippen LogP contribution is -2.16. The number of halogens is 1. The molecule has 6 nitrogen and oxygen atoms in total. The van der Waals surface area contributed by atoms with Gasteiger partial charge in [-0.15, -0.1) is 0 Å². The number of benzene rings is 1. The highest BCUT2D eigenvalue weighted by atomic mass is 19.1. The first-order valence-corrected chi connectivity index (χ1v) is 9.29. The normalized spacial score (nSPS) is 13.4. The molecule has 4 rings (SSSR count). The largest absolute Gasteiger partial charge is 0.352 e. The lowest BCUT2D eigenvalue weighted by atomic mass is 9.98. The summed E-state index contributed by atoms with van der Waals surface area (Å²) in [5, 5.41) is 7.55. The van der Waals surface area contributed by atoms with E-state index < -0.39 is 0 Å². The van der Waals surface area contributed by atoms with Crippen LogP contribution in [0.2, 0.25) is 0 Å². The van der Waals surface area contributed by atoms with E-state index in [0.29, 0.717) is 31.2 Å². The Balaban J connectivity index is 1.43. The third kappa shape index (κ3) is 4.24. The van der Waals surface area contributed by atoms with Gasteiger partial charge in [0, 0.05) is 31.3 Å². The minimum atomic E-state index is -0.285. The molecule has 1 aliphatic carbocycles. The number of aromatic nitrogens is 4. The fourth-order valence-electron chi connectivity index (χ4n) is 3.52. The van der Waals surface area contributed by atoms with Gasteiger partial charge in [0.05, 0.1) is 11.9 Å². The number of hydrogen-bond donors (Lipinski definition) is 2. The highest BCUT2D eigenvalue weighted by molar-refractivity contribution is 5.28. The molecule has 0 saturated carbocycles. The molecule has 2 heterocycles. The molecule has 0 aliphatic heterocycles. The van der Waals surface area contributed by atoms with Crippen LogP contribution in [0.15, 0.2) is 41.3 Å². The first kappa shape index (κ1) is 17.5. The van der Waals surface area contributed by atoms with Crippen molar-refractivity contribution in [2.24, 2.45) is 0 Å². The topological polar surface area (TPSA) is 75.6 Å². The first-order chi connectivity index (χ1) is 13.2. The monoisotopic (exact) mass is 367 g/mol. The molecule has 140 valence electrons. The van der Waals surface area contributed by atoms with Gasteiger partial charge in [-0.25, -0.2) is 9.37 Å². The molecule has 0 bridgehead atoms. The number of aryl methyl sites for hydroxylation is 3. The second-order valence-electron chi connectivity index (χ2n) is 6.87. The molecule has 0 spiro atoms. The minimum Gasteiger partial charge on any atom is -0.352 e. The maximum Gasteiger partial charge on any atom is 0.252 e. The number of rotatable bonds is 6. The van der Waals surface area contributed by atoms with E-state index in [-0.39, 0.29) is 11.4 Å². The molecule has 0 radical (unpaired) electrons. The van der Waals surface area contributed by atoms with Gasteiger partial charge in [0.25, 0.3) is 5.56 Å². The van der Waals surface area contributed by atoms with Crippen LogP contribution in [0.1, 0.15) is 35.4 Å². The molecule has 2 aromatic heterocycles. The molecule has 2 N–H and O–H groups in total. The minimum absolute atomic E-state index is 0.204. The van der Waals surface area contributed by atoms with Crippen molar-refractivity contribution in [3.05, 3.63) is 75.2 Å². The zero-order valence-electron chi connectivity index (χ0n) is 15.0. The second kappa shape index (κ2) is 7.73. The van der Waals surface area contributed by atoms with Crippen molar-refractivity contribution in [3.8, 4) is 0 Å². The summed E-state index contributed by atoms with van der Waals surface area (Å²) in [6.07, 6.45) is 7.20. The van der Waals surface area contributed by atoms with Crippen molar-refractivity contribution in [2.75, 3.05) is 5.32 Å². The van der Waals surface area contributed by atoms with Gasteiger partial charge in [-0.2, -0.15) is 5.10 Å². The number of fused-ring (bicyclic) bond motifs is 1. The van der Waals surface area contributed by atoms with E-state index in [1.807, 2.05) is 16.9 Å². The molecule has 27 heavy (non-hydrogen) atoms. The summed E-state index contributed by atoms with van der Waals surface area (Å²) >= 11 is 0. The van der Waals surface area contributed by atoms with Gasteiger partial charge in [0.1, 0.15) is 5.82 Å². The molecule has 7 heteroatoms. The number of nitrogens with one attached hydrogen (secondary N) is 2. The quantitative estimate of drug-likeness (QED) is 0.702. The predicted molar refractivity (Wildman–Crippen MR) is 101 cm³/mol. The smallest absolute Gasteiger partial charge is 0.252 e. The van der Waals surface area contributed by atoms with Crippen molar-refractivity contribution >= 4 is 5.95 Å². The highest BCUT2D eigenvalue weighted by Crippen LogP contribution is 2.20. The molecule has 0 amide bonds. The maximum atomic E-state index is 13.3. The summed E-state index contributed by atoms with van der Waals surface area (Å²) in [5.74, 6) is 0.108. The summed E-state index contributed by atoms with van der Waals surface area (Å²) in [7, 11) is 0. The van der Waals surface area contributed by atoms with E-state index in [1.165, 1.54) is 42.3 Å². The van der Waals surface area contributed by atoms with Crippen LogP contribution in [0.5, 0.6) is 0 Å². The number of anilines is 1. The van der Waals surface area contributed by atoms with Crippen molar-refractivity contribution < 1.29 is 4.39 Å². The molecule has 0 fully saturated rings. The van der Waals surface area contributed by atoms with Crippen molar-refractivity contribution in [1.29, 1.82) is 0 Å². The van der Waals surface area contributed by atoms with Crippen molar-refractivity contribution in [2.45, 2.75) is 45.2 Å². The third-order valence-corrected chi connectivity index (χ3v) is 4.87. The van der Waals surface area contributed by atoms with Crippen LogP contribution in [0.25, 0.3) is 0 Å². The van der Waals surface area contributed by atoms with Crippen LogP contribution >= 0.6 is 0 Å². The average Bonchev–Trinajstić information content (AvgIpc) is 3.08. The van der Waals surface area contributed by atoms with Gasteiger partial charge < -0.3 is 5.32 Å². The Bertz CT molecular complexity index is 994. The zero-order chi connectivity index (χ0) is 18.6. The van der Waals surface area contributed by atoms with E-state index in [2.05, 4.69) is 20.4 Å². The predicted octanol–water partition coefficient (Wildman–Crippen LogP) is 2.84. The van der Waals surface area contributed by atoms with E-state index in [0.717, 1.165) is 18.4 Å². The van der Waals surface area contributed by atoms with Gasteiger partial charge >= 0.3 is 0 Å². The van der Waals surface area contributed by atoms with E-state index in [4.69, 9.17) is 0 Å². The molecule has 0 unspecified atom stereocenters. The lowest BCUT2D eigenvalue weighted by Gasteiger charge is -2.14. The van der Waals surface area contributed by atoms with Gasteiger partial charge in [0.15, 0.2) is 0 Å². The van der Waals surface area contributed by atoms with Crippen LogP contribution in [-0.4, -0.2) is 19.7 Å². The molecule has 0 atom stereocenters. The number of nitrogens with zero attached hydrogens (tertiary/aromatic N) is 3. The average molecular weight is 367 g/mol. The fraction of sp³-hybridized carbons (Fsp3) is 0.350. The number of aromatic amines is 1.